The van der Waals surface area contributed by atoms with Gasteiger partial charge in [-0.25, -0.2) is 9.59 Å². The van der Waals surface area contributed by atoms with Crippen molar-refractivity contribution in [3.8, 4) is 11.4 Å². The molecular weight excluding hydrogens is 346 g/mol. The summed E-state index contributed by atoms with van der Waals surface area (Å²) >= 11 is 0. The number of ether oxygens (including phenoxy) is 2. The summed E-state index contributed by atoms with van der Waals surface area (Å²) in [6.45, 7) is 7.24. The van der Waals surface area contributed by atoms with E-state index in [-0.39, 0.29) is 6.42 Å². The van der Waals surface area contributed by atoms with Crippen molar-refractivity contribution in [3.05, 3.63) is 47.8 Å². The van der Waals surface area contributed by atoms with Crippen LogP contribution in [0.5, 0.6) is 0 Å². The van der Waals surface area contributed by atoms with Crippen molar-refractivity contribution in [1.82, 2.24) is 15.3 Å². The van der Waals surface area contributed by atoms with Crippen LogP contribution in [0.1, 0.15) is 31.9 Å². The number of carbonyl (C=O) groups is 2. The highest BCUT2D eigenvalue weighted by molar-refractivity contribution is 5.81. The largest absolute Gasteiger partial charge is 0.467 e. The van der Waals surface area contributed by atoms with Crippen molar-refractivity contribution in [2.24, 2.45) is 0 Å². The van der Waals surface area contributed by atoms with Gasteiger partial charge in [0.2, 0.25) is 0 Å². The summed E-state index contributed by atoms with van der Waals surface area (Å²) < 4.78 is 10.0. The molecule has 2 heterocycles. The number of aromatic nitrogens is 2. The van der Waals surface area contributed by atoms with Crippen LogP contribution in [0.2, 0.25) is 0 Å². The van der Waals surface area contributed by atoms with Crippen LogP contribution in [-0.4, -0.2) is 40.8 Å². The number of methoxy groups -OCH3 is 1. The molecule has 0 aliphatic heterocycles. The van der Waals surface area contributed by atoms with Crippen LogP contribution in [0.15, 0.2) is 36.7 Å². The Morgan fingerprint density at radius 2 is 1.74 bits per heavy atom. The lowest BCUT2D eigenvalue weighted by Crippen LogP contribution is -2.45. The molecule has 1 atom stereocenters. The molecule has 27 heavy (non-hydrogen) atoms. The zero-order valence-electron chi connectivity index (χ0n) is 16.3. The van der Waals surface area contributed by atoms with Crippen molar-refractivity contribution in [3.63, 3.8) is 0 Å². The molecule has 7 heteroatoms. The first-order chi connectivity index (χ1) is 12.7. The molecule has 1 unspecified atom stereocenters. The lowest BCUT2D eigenvalue weighted by atomic mass is 10.1. The van der Waals surface area contributed by atoms with Gasteiger partial charge in [-0.15, -0.1) is 0 Å². The summed E-state index contributed by atoms with van der Waals surface area (Å²) in [5, 5.41) is 2.57. The van der Waals surface area contributed by atoms with Crippen LogP contribution < -0.4 is 5.32 Å². The Labute approximate surface area is 159 Å². The molecule has 1 amide bonds. The van der Waals surface area contributed by atoms with Crippen LogP contribution in [0, 0.1) is 6.92 Å². The van der Waals surface area contributed by atoms with Gasteiger partial charge in [0, 0.05) is 18.8 Å². The minimum atomic E-state index is -0.870. The molecule has 0 aromatic carbocycles. The first kappa shape index (κ1) is 20.4. The summed E-state index contributed by atoms with van der Waals surface area (Å²) in [5.41, 5.74) is 2.66. The standard InChI is InChI=1S/C20H25N3O4/c1-13-6-8-21-15(10-13)16-11-14(7-9-22-16)12-17(18(24)26-5)23-19(25)27-20(2,3)4/h6-11,17H,12H2,1-5H3,(H,23,25). The van der Waals surface area contributed by atoms with E-state index in [2.05, 4.69) is 15.3 Å². The van der Waals surface area contributed by atoms with E-state index < -0.39 is 23.7 Å². The highest BCUT2D eigenvalue weighted by Gasteiger charge is 2.25. The van der Waals surface area contributed by atoms with Gasteiger partial charge in [0.1, 0.15) is 11.6 Å². The van der Waals surface area contributed by atoms with E-state index >= 15 is 0 Å². The zero-order chi connectivity index (χ0) is 20.0. The highest BCUT2D eigenvalue weighted by Crippen LogP contribution is 2.17. The average Bonchev–Trinajstić information content (AvgIpc) is 2.59. The SMILES string of the molecule is COC(=O)C(Cc1ccnc(-c2cc(C)ccn2)c1)NC(=O)OC(C)(C)C. The monoisotopic (exact) mass is 371 g/mol. The second kappa shape index (κ2) is 8.62. The second-order valence-corrected chi connectivity index (χ2v) is 7.19. The Bertz CT molecular complexity index is 815. The highest BCUT2D eigenvalue weighted by atomic mass is 16.6. The van der Waals surface area contributed by atoms with Crippen molar-refractivity contribution in [2.75, 3.05) is 7.11 Å². The summed E-state index contributed by atoms with van der Waals surface area (Å²) in [6.07, 6.45) is 2.94. The Hall–Kier alpha value is -2.96. The molecule has 0 bridgehead atoms. The lowest BCUT2D eigenvalue weighted by molar-refractivity contribution is -0.143. The topological polar surface area (TPSA) is 90.4 Å². The fourth-order valence-corrected chi connectivity index (χ4v) is 2.44. The van der Waals surface area contributed by atoms with Crippen LogP contribution in [0.25, 0.3) is 11.4 Å². The number of carbonyl (C=O) groups excluding carboxylic acids is 2. The van der Waals surface area contributed by atoms with Gasteiger partial charge in [0.15, 0.2) is 0 Å². The Morgan fingerprint density at radius 1 is 1.11 bits per heavy atom. The number of rotatable bonds is 5. The third-order valence-electron chi connectivity index (χ3n) is 3.62. The van der Waals surface area contributed by atoms with Gasteiger partial charge in [-0.05, 0) is 63.1 Å². The van der Waals surface area contributed by atoms with E-state index in [1.165, 1.54) is 7.11 Å². The quantitative estimate of drug-likeness (QED) is 0.813. The number of esters is 1. The van der Waals surface area contributed by atoms with Gasteiger partial charge in [-0.2, -0.15) is 0 Å². The van der Waals surface area contributed by atoms with Crippen LogP contribution in [0.3, 0.4) is 0 Å². The van der Waals surface area contributed by atoms with Gasteiger partial charge in [0.05, 0.1) is 18.5 Å². The molecule has 0 radical (unpaired) electrons. The molecule has 0 spiro atoms. The predicted molar refractivity (Wildman–Crippen MR) is 101 cm³/mol. The van der Waals surface area contributed by atoms with E-state index in [1.54, 1.807) is 39.2 Å². The Kier molecular flexibility index (Phi) is 6.50. The molecular formula is C20H25N3O4. The maximum Gasteiger partial charge on any atom is 0.408 e. The molecule has 0 aliphatic rings. The van der Waals surface area contributed by atoms with Crippen molar-refractivity contribution >= 4 is 12.1 Å². The zero-order valence-corrected chi connectivity index (χ0v) is 16.3. The Morgan fingerprint density at radius 3 is 2.33 bits per heavy atom. The summed E-state index contributed by atoms with van der Waals surface area (Å²) in [7, 11) is 1.28. The van der Waals surface area contributed by atoms with E-state index in [9.17, 15) is 9.59 Å². The minimum absolute atomic E-state index is 0.243. The minimum Gasteiger partial charge on any atom is -0.467 e. The Balaban J connectivity index is 2.19. The summed E-state index contributed by atoms with van der Waals surface area (Å²) in [4.78, 5) is 32.8. The fraction of sp³-hybridized carbons (Fsp3) is 0.400. The number of hydrogen-bond donors (Lipinski definition) is 1. The van der Waals surface area contributed by atoms with E-state index in [0.717, 1.165) is 16.8 Å². The van der Waals surface area contributed by atoms with Crippen molar-refractivity contribution < 1.29 is 19.1 Å². The summed E-state index contributed by atoms with van der Waals surface area (Å²) in [5.74, 6) is -0.548. The molecule has 2 aromatic rings. The number of alkyl carbamates (subject to hydrolysis) is 1. The van der Waals surface area contributed by atoms with Crippen molar-refractivity contribution in [2.45, 2.75) is 45.8 Å². The van der Waals surface area contributed by atoms with Crippen LogP contribution in [0.4, 0.5) is 4.79 Å². The molecule has 7 nitrogen and oxygen atoms in total. The number of hydrogen-bond acceptors (Lipinski definition) is 6. The molecule has 1 N–H and O–H groups in total. The summed E-state index contributed by atoms with van der Waals surface area (Å²) in [6, 6.07) is 6.60. The van der Waals surface area contributed by atoms with E-state index in [4.69, 9.17) is 9.47 Å². The maximum absolute atomic E-state index is 12.1. The van der Waals surface area contributed by atoms with Crippen molar-refractivity contribution in [1.29, 1.82) is 0 Å². The number of nitrogens with zero attached hydrogens (tertiary/aromatic N) is 2. The van der Waals surface area contributed by atoms with E-state index in [0.29, 0.717) is 5.69 Å². The third-order valence-corrected chi connectivity index (χ3v) is 3.62. The van der Waals surface area contributed by atoms with Gasteiger partial charge >= 0.3 is 12.1 Å². The average molecular weight is 371 g/mol. The number of nitrogens with one attached hydrogen (secondary N) is 1. The smallest absolute Gasteiger partial charge is 0.408 e. The van der Waals surface area contributed by atoms with E-state index in [1.807, 2.05) is 25.1 Å². The molecule has 0 fully saturated rings. The molecule has 2 rings (SSSR count). The predicted octanol–water partition coefficient (Wildman–Crippen LogP) is 3.06. The van der Waals surface area contributed by atoms with Gasteiger partial charge in [-0.3, -0.25) is 9.97 Å². The normalized spacial score (nSPS) is 12.2. The maximum atomic E-state index is 12.1. The second-order valence-electron chi connectivity index (χ2n) is 7.19. The number of pyridine rings is 2. The third kappa shape index (κ3) is 6.36. The van der Waals surface area contributed by atoms with Crippen LogP contribution in [-0.2, 0) is 20.7 Å². The molecule has 0 aliphatic carbocycles. The molecule has 0 saturated heterocycles. The number of aryl methyl sites for hydroxylation is 1. The fourth-order valence-electron chi connectivity index (χ4n) is 2.44. The van der Waals surface area contributed by atoms with Gasteiger partial charge in [-0.1, -0.05) is 0 Å². The van der Waals surface area contributed by atoms with Crippen LogP contribution >= 0.6 is 0 Å². The molecule has 2 aromatic heterocycles. The first-order valence-electron chi connectivity index (χ1n) is 8.63. The number of amides is 1. The van der Waals surface area contributed by atoms with Gasteiger partial charge < -0.3 is 14.8 Å². The molecule has 144 valence electrons. The lowest BCUT2D eigenvalue weighted by Gasteiger charge is -2.22. The molecule has 0 saturated carbocycles. The first-order valence-corrected chi connectivity index (χ1v) is 8.63. The van der Waals surface area contributed by atoms with Gasteiger partial charge in [0.25, 0.3) is 0 Å².